The van der Waals surface area contributed by atoms with Gasteiger partial charge in [-0.3, -0.25) is 14.4 Å². The third-order valence-electron chi connectivity index (χ3n) is 6.71. The number of Topliss-reactive ketones (excluding diaryl/α,β-unsaturated/α-hetero) is 2. The highest BCUT2D eigenvalue weighted by Gasteiger charge is 2.42. The molecule has 3 N–H and O–H groups in total. The SMILES string of the molecule is O=C(O)CCCC(=O)CCCCOCCOCCOCCCCC(=O)CCCC[C@@H]1SC[C@@H]2NC(=O)N[C@@H]21. The first kappa shape index (κ1) is 32.5. The highest BCUT2D eigenvalue weighted by Crippen LogP contribution is 2.33. The van der Waals surface area contributed by atoms with Crippen molar-refractivity contribution < 1.29 is 38.5 Å². The fourth-order valence-corrected chi connectivity index (χ4v) is 6.14. The van der Waals surface area contributed by atoms with Crippen LogP contribution < -0.4 is 10.6 Å². The van der Waals surface area contributed by atoms with Gasteiger partial charge < -0.3 is 30.0 Å². The van der Waals surface area contributed by atoms with Crippen molar-refractivity contribution in [1.82, 2.24) is 10.6 Å². The zero-order valence-corrected chi connectivity index (χ0v) is 23.4. The van der Waals surface area contributed by atoms with Gasteiger partial charge in [0.05, 0.1) is 38.5 Å². The van der Waals surface area contributed by atoms with Crippen LogP contribution in [0.4, 0.5) is 4.79 Å². The lowest BCUT2D eigenvalue weighted by molar-refractivity contribution is -0.137. The van der Waals surface area contributed by atoms with Gasteiger partial charge in [-0.05, 0) is 44.9 Å². The second-order valence-electron chi connectivity index (χ2n) is 9.94. The summed E-state index contributed by atoms with van der Waals surface area (Å²) in [5.74, 6) is 0.551. The standard InChI is InChI=1S/C27H46N2O8S/c30-21(8-1-2-12-24-26-23(20-38-24)28-27(34)29-26)9-3-5-14-35-16-18-37-19-17-36-15-6-4-10-22(31)11-7-13-25(32)33/h23-24,26H,1-20H2,(H,32,33)(H2,28,29,34)/t23-,24-,26-/m0/s1. The van der Waals surface area contributed by atoms with Crippen molar-refractivity contribution in [2.24, 2.45) is 0 Å². The molecule has 2 saturated heterocycles. The Kier molecular flexibility index (Phi) is 17.3. The molecule has 0 aromatic carbocycles. The number of urea groups is 1. The molecular weight excluding hydrogens is 512 g/mol. The number of carbonyl (C=O) groups is 4. The summed E-state index contributed by atoms with van der Waals surface area (Å²) in [6, 6.07) is 0.455. The Balaban J connectivity index is 1.25. The average Bonchev–Trinajstić information content (AvgIpc) is 3.43. The molecule has 3 atom stereocenters. The summed E-state index contributed by atoms with van der Waals surface area (Å²) in [7, 11) is 0. The summed E-state index contributed by atoms with van der Waals surface area (Å²) in [6.45, 7) is 3.24. The monoisotopic (exact) mass is 558 g/mol. The van der Waals surface area contributed by atoms with Crippen molar-refractivity contribution in [3.05, 3.63) is 0 Å². The van der Waals surface area contributed by atoms with Crippen LogP contribution in [0, 0.1) is 0 Å². The van der Waals surface area contributed by atoms with E-state index in [4.69, 9.17) is 19.3 Å². The van der Waals surface area contributed by atoms with Crippen molar-refractivity contribution in [2.45, 2.75) is 101 Å². The largest absolute Gasteiger partial charge is 0.481 e. The zero-order valence-electron chi connectivity index (χ0n) is 22.6. The predicted molar refractivity (Wildman–Crippen MR) is 146 cm³/mol. The number of rotatable bonds is 25. The van der Waals surface area contributed by atoms with Gasteiger partial charge in [0.2, 0.25) is 0 Å². The second-order valence-corrected chi connectivity index (χ2v) is 11.2. The highest BCUT2D eigenvalue weighted by atomic mass is 32.2. The molecule has 2 aliphatic heterocycles. The normalized spacial score (nSPS) is 20.2. The number of carboxylic acids is 1. The van der Waals surface area contributed by atoms with Gasteiger partial charge in [0, 0.05) is 56.3 Å². The van der Waals surface area contributed by atoms with Gasteiger partial charge >= 0.3 is 12.0 Å². The lowest BCUT2D eigenvalue weighted by atomic mass is 10.0. The first-order valence-electron chi connectivity index (χ1n) is 14.1. The van der Waals surface area contributed by atoms with E-state index >= 15 is 0 Å². The Bertz CT molecular complexity index is 723. The molecule has 0 aliphatic carbocycles. The molecule has 2 aliphatic rings. The average molecular weight is 559 g/mol. The smallest absolute Gasteiger partial charge is 0.315 e. The Morgan fingerprint density at radius 3 is 1.82 bits per heavy atom. The van der Waals surface area contributed by atoms with Gasteiger partial charge in [-0.25, -0.2) is 4.79 Å². The van der Waals surface area contributed by atoms with Crippen molar-refractivity contribution in [3.8, 4) is 0 Å². The molecule has 0 unspecified atom stereocenters. The topological polar surface area (TPSA) is 140 Å². The fraction of sp³-hybridized carbons (Fsp3) is 0.852. The molecule has 0 saturated carbocycles. The lowest BCUT2D eigenvalue weighted by Gasteiger charge is -2.16. The fourth-order valence-electron chi connectivity index (χ4n) is 4.59. The van der Waals surface area contributed by atoms with Gasteiger partial charge in [0.1, 0.15) is 11.6 Å². The molecule has 2 fully saturated rings. The zero-order chi connectivity index (χ0) is 27.4. The van der Waals surface area contributed by atoms with E-state index in [1.165, 1.54) is 0 Å². The molecule has 0 radical (unpaired) electrons. The maximum atomic E-state index is 12.1. The van der Waals surface area contributed by atoms with Crippen LogP contribution in [0.1, 0.15) is 83.5 Å². The Morgan fingerprint density at radius 2 is 1.24 bits per heavy atom. The molecule has 2 amide bonds. The van der Waals surface area contributed by atoms with Crippen LogP contribution in [-0.4, -0.2) is 91.4 Å². The van der Waals surface area contributed by atoms with E-state index in [0.29, 0.717) is 82.8 Å². The van der Waals surface area contributed by atoms with Gasteiger partial charge in [0.15, 0.2) is 0 Å². The van der Waals surface area contributed by atoms with E-state index in [1.54, 1.807) is 0 Å². The number of ether oxygens (including phenoxy) is 3. The maximum absolute atomic E-state index is 12.1. The highest BCUT2D eigenvalue weighted by molar-refractivity contribution is 8.00. The van der Waals surface area contributed by atoms with Gasteiger partial charge in [-0.1, -0.05) is 6.42 Å². The second kappa shape index (κ2) is 20.2. The molecule has 38 heavy (non-hydrogen) atoms. The summed E-state index contributed by atoms with van der Waals surface area (Å²) in [6.07, 6.45) is 8.78. The number of thioether (sulfide) groups is 1. The van der Waals surface area contributed by atoms with Crippen LogP contribution >= 0.6 is 11.8 Å². The van der Waals surface area contributed by atoms with Gasteiger partial charge in [0.25, 0.3) is 0 Å². The third kappa shape index (κ3) is 15.0. The number of ketones is 2. The third-order valence-corrected chi connectivity index (χ3v) is 8.22. The molecule has 218 valence electrons. The van der Waals surface area contributed by atoms with Crippen molar-refractivity contribution >= 4 is 35.3 Å². The summed E-state index contributed by atoms with van der Waals surface area (Å²) in [4.78, 5) is 45.5. The molecule has 10 nitrogen and oxygen atoms in total. The number of amides is 2. The maximum Gasteiger partial charge on any atom is 0.315 e. The van der Waals surface area contributed by atoms with Crippen molar-refractivity contribution in [1.29, 1.82) is 0 Å². The summed E-state index contributed by atoms with van der Waals surface area (Å²) >= 11 is 1.92. The summed E-state index contributed by atoms with van der Waals surface area (Å²) in [5, 5.41) is 15.0. The summed E-state index contributed by atoms with van der Waals surface area (Å²) < 4.78 is 16.5. The quantitative estimate of drug-likeness (QED) is 0.113. The molecule has 0 spiro atoms. The molecule has 2 rings (SSSR count). The number of unbranched alkanes of at least 4 members (excludes halogenated alkanes) is 3. The minimum absolute atomic E-state index is 0.0473. The van der Waals surface area contributed by atoms with Crippen molar-refractivity contribution in [3.63, 3.8) is 0 Å². The molecular formula is C27H46N2O8S. The molecule has 0 aromatic heterocycles. The summed E-state index contributed by atoms with van der Waals surface area (Å²) in [5.41, 5.74) is 0. The van der Waals surface area contributed by atoms with E-state index in [-0.39, 0.29) is 30.3 Å². The van der Waals surface area contributed by atoms with Crippen molar-refractivity contribution in [2.75, 3.05) is 45.4 Å². The number of hydrogen-bond acceptors (Lipinski definition) is 8. The number of nitrogens with one attached hydrogen (secondary N) is 2. The number of carbonyl (C=O) groups excluding carboxylic acids is 3. The number of carboxylic acid groups (broad SMARTS) is 1. The molecule has 0 bridgehead atoms. The van der Waals surface area contributed by atoms with E-state index in [2.05, 4.69) is 10.6 Å². The number of fused-ring (bicyclic) bond motifs is 1. The first-order chi connectivity index (χ1) is 18.5. The number of aliphatic carboxylic acids is 1. The minimum Gasteiger partial charge on any atom is -0.481 e. The van der Waals surface area contributed by atoms with E-state index in [1.807, 2.05) is 11.8 Å². The molecule has 2 heterocycles. The van der Waals surface area contributed by atoms with E-state index in [9.17, 15) is 19.2 Å². The van der Waals surface area contributed by atoms with Crippen LogP contribution in [-0.2, 0) is 28.6 Å². The Hall–Kier alpha value is -1.69. The van der Waals surface area contributed by atoms with Gasteiger partial charge in [-0.15, -0.1) is 0 Å². The Labute approximate surface area is 230 Å². The Morgan fingerprint density at radius 1 is 0.711 bits per heavy atom. The van der Waals surface area contributed by atoms with E-state index < -0.39 is 5.97 Å². The number of hydrogen-bond donors (Lipinski definition) is 3. The van der Waals surface area contributed by atoms with Crippen LogP contribution in [0.5, 0.6) is 0 Å². The molecule has 11 heteroatoms. The lowest BCUT2D eigenvalue weighted by Crippen LogP contribution is -2.36. The van der Waals surface area contributed by atoms with Crippen LogP contribution in [0.15, 0.2) is 0 Å². The van der Waals surface area contributed by atoms with Crippen LogP contribution in [0.25, 0.3) is 0 Å². The predicted octanol–water partition coefficient (Wildman–Crippen LogP) is 3.50. The van der Waals surface area contributed by atoms with Gasteiger partial charge in [-0.2, -0.15) is 11.8 Å². The van der Waals surface area contributed by atoms with E-state index in [0.717, 1.165) is 50.7 Å². The van der Waals surface area contributed by atoms with Crippen LogP contribution in [0.3, 0.4) is 0 Å². The minimum atomic E-state index is -0.862. The van der Waals surface area contributed by atoms with Crippen LogP contribution in [0.2, 0.25) is 0 Å². The first-order valence-corrected chi connectivity index (χ1v) is 15.2. The molecule has 0 aromatic rings.